The van der Waals surface area contributed by atoms with Gasteiger partial charge < -0.3 is 16.6 Å². The molecule has 0 spiro atoms. The lowest BCUT2D eigenvalue weighted by atomic mass is 9.95. The quantitative estimate of drug-likeness (QED) is 0.543. The maximum Gasteiger partial charge on any atom is 0.0471 e. The van der Waals surface area contributed by atoms with Crippen LogP contribution in [0.15, 0.2) is 0 Å². The molecule has 0 aliphatic rings. The van der Waals surface area contributed by atoms with E-state index in [0.717, 1.165) is 12.8 Å². The number of aliphatic hydroxyl groups is 1. The molecule has 74 valence electrons. The lowest BCUT2D eigenvalue weighted by molar-refractivity contribution is 0.212. The van der Waals surface area contributed by atoms with Crippen molar-refractivity contribution < 1.29 is 5.11 Å². The van der Waals surface area contributed by atoms with Crippen molar-refractivity contribution in [1.29, 1.82) is 0 Å². The van der Waals surface area contributed by atoms with Crippen molar-refractivity contribution in [2.45, 2.75) is 32.7 Å². The van der Waals surface area contributed by atoms with E-state index >= 15 is 0 Å². The Kier molecular flexibility index (Phi) is 6.34. The van der Waals surface area contributed by atoms with Crippen molar-refractivity contribution in [3.8, 4) is 0 Å². The molecular weight excluding hydrogens is 152 g/mol. The summed E-state index contributed by atoms with van der Waals surface area (Å²) in [5.74, 6) is 0.802. The number of hydrogen-bond acceptors (Lipinski definition) is 3. The van der Waals surface area contributed by atoms with Gasteiger partial charge in [-0.1, -0.05) is 13.8 Å². The second kappa shape index (κ2) is 6.40. The van der Waals surface area contributed by atoms with Crippen LogP contribution in [0, 0.1) is 11.8 Å². The standard InChI is InChI=1S/C9H22N2O/c1-7(2)3-9(11)4-8(5-10)6-12/h7-9,12H,3-6,10-11H2,1-2H3/t8?,9-/m0/s1. The van der Waals surface area contributed by atoms with E-state index in [1.54, 1.807) is 0 Å². The second-order valence-corrected chi connectivity index (χ2v) is 3.91. The fourth-order valence-electron chi connectivity index (χ4n) is 1.38. The molecule has 0 bridgehead atoms. The predicted molar refractivity (Wildman–Crippen MR) is 51.7 cm³/mol. The van der Waals surface area contributed by atoms with Gasteiger partial charge in [-0.2, -0.15) is 0 Å². The molecule has 1 unspecified atom stereocenters. The maximum absolute atomic E-state index is 8.87. The molecule has 0 saturated heterocycles. The zero-order valence-corrected chi connectivity index (χ0v) is 8.16. The monoisotopic (exact) mass is 174 g/mol. The Morgan fingerprint density at radius 2 is 1.83 bits per heavy atom. The summed E-state index contributed by atoms with van der Waals surface area (Å²) in [5.41, 5.74) is 11.3. The average molecular weight is 174 g/mol. The van der Waals surface area contributed by atoms with Gasteiger partial charge in [0, 0.05) is 12.6 Å². The van der Waals surface area contributed by atoms with E-state index in [-0.39, 0.29) is 18.6 Å². The van der Waals surface area contributed by atoms with E-state index in [1.165, 1.54) is 0 Å². The molecule has 3 nitrogen and oxygen atoms in total. The Hall–Kier alpha value is -0.120. The second-order valence-electron chi connectivity index (χ2n) is 3.91. The smallest absolute Gasteiger partial charge is 0.0471 e. The number of nitrogens with two attached hydrogens (primary N) is 2. The van der Waals surface area contributed by atoms with E-state index in [4.69, 9.17) is 16.6 Å². The van der Waals surface area contributed by atoms with Gasteiger partial charge in [-0.3, -0.25) is 0 Å². The third-order valence-corrected chi connectivity index (χ3v) is 2.00. The van der Waals surface area contributed by atoms with Gasteiger partial charge >= 0.3 is 0 Å². The van der Waals surface area contributed by atoms with Crippen LogP contribution in [0.5, 0.6) is 0 Å². The molecule has 2 atom stereocenters. The summed E-state index contributed by atoms with van der Waals surface area (Å²) >= 11 is 0. The fraction of sp³-hybridized carbons (Fsp3) is 1.00. The van der Waals surface area contributed by atoms with Crippen molar-refractivity contribution in [1.82, 2.24) is 0 Å². The molecule has 0 aromatic heterocycles. The summed E-state index contributed by atoms with van der Waals surface area (Å²) in [6.45, 7) is 4.98. The van der Waals surface area contributed by atoms with Crippen molar-refractivity contribution >= 4 is 0 Å². The highest BCUT2D eigenvalue weighted by atomic mass is 16.3. The lowest BCUT2D eigenvalue weighted by Gasteiger charge is -2.18. The van der Waals surface area contributed by atoms with Crippen molar-refractivity contribution in [3.63, 3.8) is 0 Å². The van der Waals surface area contributed by atoms with Crippen LogP contribution in [0.2, 0.25) is 0 Å². The van der Waals surface area contributed by atoms with Gasteiger partial charge in [0.2, 0.25) is 0 Å². The summed E-state index contributed by atoms with van der Waals surface area (Å²) in [6.07, 6.45) is 1.85. The molecule has 0 aromatic rings. The third kappa shape index (κ3) is 5.52. The van der Waals surface area contributed by atoms with Gasteiger partial charge in [-0.25, -0.2) is 0 Å². The number of hydrogen-bond donors (Lipinski definition) is 3. The Balaban J connectivity index is 3.58. The largest absolute Gasteiger partial charge is 0.396 e. The average Bonchev–Trinajstić information content (AvgIpc) is 1.98. The Labute approximate surface area is 75.1 Å². The molecule has 0 aliphatic carbocycles. The number of aliphatic hydroxyl groups excluding tert-OH is 1. The summed E-state index contributed by atoms with van der Waals surface area (Å²) in [4.78, 5) is 0. The highest BCUT2D eigenvalue weighted by Crippen LogP contribution is 2.10. The Bertz CT molecular complexity index is 103. The Morgan fingerprint density at radius 3 is 2.17 bits per heavy atom. The SMILES string of the molecule is CC(C)C[C@H](N)CC(CN)CO. The molecular formula is C9H22N2O. The molecule has 3 heteroatoms. The lowest BCUT2D eigenvalue weighted by Crippen LogP contribution is -2.30. The van der Waals surface area contributed by atoms with E-state index in [2.05, 4.69) is 13.8 Å². The predicted octanol–water partition coefficient (Wildman–Crippen LogP) is 0.317. The number of rotatable bonds is 6. The fourth-order valence-corrected chi connectivity index (χ4v) is 1.38. The minimum Gasteiger partial charge on any atom is -0.396 e. The normalized spacial score (nSPS) is 16.5. The molecule has 0 radical (unpaired) electrons. The van der Waals surface area contributed by atoms with Gasteiger partial charge in [0.05, 0.1) is 0 Å². The molecule has 0 aromatic carbocycles. The van der Waals surface area contributed by atoms with E-state index in [0.29, 0.717) is 12.5 Å². The zero-order valence-electron chi connectivity index (χ0n) is 8.16. The van der Waals surface area contributed by atoms with Crippen LogP contribution in [0.25, 0.3) is 0 Å². The van der Waals surface area contributed by atoms with Crippen LogP contribution >= 0.6 is 0 Å². The molecule has 12 heavy (non-hydrogen) atoms. The van der Waals surface area contributed by atoms with E-state index in [9.17, 15) is 0 Å². The minimum absolute atomic E-state index is 0.155. The minimum atomic E-state index is 0.155. The first-order chi connectivity index (χ1) is 5.60. The van der Waals surface area contributed by atoms with E-state index in [1.807, 2.05) is 0 Å². The molecule has 0 saturated carbocycles. The van der Waals surface area contributed by atoms with Crippen LogP contribution in [0.4, 0.5) is 0 Å². The molecule has 0 amide bonds. The van der Waals surface area contributed by atoms with E-state index < -0.39 is 0 Å². The summed E-state index contributed by atoms with van der Waals surface area (Å²) in [5, 5.41) is 8.87. The van der Waals surface area contributed by atoms with Crippen LogP contribution in [0.1, 0.15) is 26.7 Å². The molecule has 0 rings (SSSR count). The van der Waals surface area contributed by atoms with Gasteiger partial charge in [0.15, 0.2) is 0 Å². The van der Waals surface area contributed by atoms with Crippen LogP contribution in [-0.4, -0.2) is 24.3 Å². The van der Waals surface area contributed by atoms with Gasteiger partial charge in [-0.15, -0.1) is 0 Å². The van der Waals surface area contributed by atoms with Crippen molar-refractivity contribution in [2.24, 2.45) is 23.3 Å². The first-order valence-corrected chi connectivity index (χ1v) is 4.66. The van der Waals surface area contributed by atoms with Crippen LogP contribution in [-0.2, 0) is 0 Å². The van der Waals surface area contributed by atoms with Crippen molar-refractivity contribution in [3.05, 3.63) is 0 Å². The van der Waals surface area contributed by atoms with Gasteiger partial charge in [0.25, 0.3) is 0 Å². The summed E-state index contributed by atoms with van der Waals surface area (Å²) < 4.78 is 0. The first-order valence-electron chi connectivity index (χ1n) is 4.66. The summed E-state index contributed by atoms with van der Waals surface area (Å²) in [7, 11) is 0. The maximum atomic E-state index is 8.87. The molecule has 0 fully saturated rings. The topological polar surface area (TPSA) is 72.3 Å². The molecule has 0 heterocycles. The Morgan fingerprint density at radius 1 is 1.25 bits per heavy atom. The van der Waals surface area contributed by atoms with Crippen LogP contribution in [0.3, 0.4) is 0 Å². The first kappa shape index (κ1) is 11.9. The van der Waals surface area contributed by atoms with Gasteiger partial charge in [0.1, 0.15) is 0 Å². The molecule has 5 N–H and O–H groups in total. The highest BCUT2D eigenvalue weighted by Gasteiger charge is 2.12. The summed E-state index contributed by atoms with van der Waals surface area (Å²) in [6, 6.07) is 0.186. The van der Waals surface area contributed by atoms with Crippen LogP contribution < -0.4 is 11.5 Å². The highest BCUT2D eigenvalue weighted by molar-refractivity contribution is 4.69. The van der Waals surface area contributed by atoms with Crippen molar-refractivity contribution in [2.75, 3.05) is 13.2 Å². The van der Waals surface area contributed by atoms with Gasteiger partial charge in [-0.05, 0) is 31.2 Å². The zero-order chi connectivity index (χ0) is 9.56. The third-order valence-electron chi connectivity index (χ3n) is 2.00. The molecule has 0 aliphatic heterocycles.